The van der Waals surface area contributed by atoms with Gasteiger partial charge in [0, 0.05) is 5.56 Å². The Morgan fingerprint density at radius 3 is 2.38 bits per heavy atom. The summed E-state index contributed by atoms with van der Waals surface area (Å²) in [4.78, 5) is 12.1. The van der Waals surface area contributed by atoms with Gasteiger partial charge in [-0.15, -0.1) is 0 Å². The Hall–Kier alpha value is -3.09. The average molecular weight is 359 g/mol. The number of anilines is 1. The van der Waals surface area contributed by atoms with Gasteiger partial charge >= 0.3 is 5.92 Å². The molecule has 4 nitrogen and oxygen atoms in total. The average Bonchev–Trinajstić information content (AvgIpc) is 2.96. The van der Waals surface area contributed by atoms with Crippen molar-refractivity contribution in [3.63, 3.8) is 0 Å². The lowest BCUT2D eigenvalue weighted by Crippen LogP contribution is -2.32. The maximum atomic E-state index is 14.4. The van der Waals surface area contributed by atoms with Gasteiger partial charge in [-0.3, -0.25) is 4.79 Å². The Morgan fingerprint density at radius 2 is 1.73 bits per heavy atom. The van der Waals surface area contributed by atoms with Gasteiger partial charge in [-0.25, -0.2) is 9.07 Å². The third kappa shape index (κ3) is 3.20. The van der Waals surface area contributed by atoms with Crippen LogP contribution in [0.4, 0.5) is 18.9 Å². The molecule has 0 unspecified atom stereocenters. The quantitative estimate of drug-likeness (QED) is 0.752. The molecule has 0 bridgehead atoms. The van der Waals surface area contributed by atoms with Gasteiger partial charge in [0.15, 0.2) is 0 Å². The number of amides is 1. The molecular weight excluding hydrogens is 343 g/mol. The van der Waals surface area contributed by atoms with Gasteiger partial charge < -0.3 is 5.32 Å². The number of alkyl halides is 2. The zero-order chi connectivity index (χ0) is 18.9. The fraction of sp³-hybridized carbons (Fsp3) is 0.158. The smallest absolute Gasteiger partial charge is 0.318 e. The maximum Gasteiger partial charge on any atom is 0.350 e. The van der Waals surface area contributed by atoms with Gasteiger partial charge in [-0.2, -0.15) is 13.9 Å². The van der Waals surface area contributed by atoms with Crippen molar-refractivity contribution >= 4 is 11.6 Å². The summed E-state index contributed by atoms with van der Waals surface area (Å²) < 4.78 is 43.9. The molecule has 0 aliphatic rings. The first-order valence-corrected chi connectivity index (χ1v) is 7.86. The molecule has 1 heterocycles. The number of aryl methyl sites for hydroxylation is 1. The zero-order valence-electron chi connectivity index (χ0n) is 14.1. The highest BCUT2D eigenvalue weighted by molar-refractivity contribution is 5.97. The number of halogens is 3. The minimum absolute atomic E-state index is 0.0880. The van der Waals surface area contributed by atoms with E-state index in [-0.39, 0.29) is 11.4 Å². The molecule has 1 aromatic heterocycles. The molecule has 1 amide bonds. The minimum Gasteiger partial charge on any atom is -0.318 e. The molecule has 0 spiro atoms. The Bertz CT molecular complexity index is 949. The van der Waals surface area contributed by atoms with E-state index in [1.165, 1.54) is 53.3 Å². The molecule has 3 rings (SSSR count). The molecule has 0 atom stereocenters. The number of hydrogen-bond acceptors (Lipinski definition) is 2. The third-order valence-corrected chi connectivity index (χ3v) is 4.04. The van der Waals surface area contributed by atoms with Crippen LogP contribution < -0.4 is 5.32 Å². The van der Waals surface area contributed by atoms with Gasteiger partial charge in [0.25, 0.3) is 5.91 Å². The fourth-order valence-corrected chi connectivity index (χ4v) is 2.49. The Kier molecular flexibility index (Phi) is 4.54. The molecule has 0 radical (unpaired) electrons. The first-order chi connectivity index (χ1) is 12.3. The highest BCUT2D eigenvalue weighted by Crippen LogP contribution is 2.30. The van der Waals surface area contributed by atoms with Crippen LogP contribution in [0, 0.1) is 19.7 Å². The molecule has 26 heavy (non-hydrogen) atoms. The number of aromatic nitrogens is 2. The first kappa shape index (κ1) is 17.7. The summed E-state index contributed by atoms with van der Waals surface area (Å²) in [6, 6.07) is 11.4. The number of nitrogens with one attached hydrogen (secondary N) is 1. The lowest BCUT2D eigenvalue weighted by Gasteiger charge is -2.16. The summed E-state index contributed by atoms with van der Waals surface area (Å²) in [6.07, 6.45) is 1.21. The van der Waals surface area contributed by atoms with Crippen LogP contribution in [0.3, 0.4) is 0 Å². The van der Waals surface area contributed by atoms with Crippen LogP contribution in [0.5, 0.6) is 0 Å². The highest BCUT2D eigenvalue weighted by atomic mass is 19.3. The van der Waals surface area contributed by atoms with E-state index in [1.807, 2.05) is 0 Å². The van der Waals surface area contributed by atoms with Gasteiger partial charge in [0.05, 0.1) is 17.6 Å². The summed E-state index contributed by atoms with van der Waals surface area (Å²) in [5, 5.41) is 6.16. The SMILES string of the molecule is Cc1ccc(C(F)(F)C(=O)Nc2cnn(-c3ccccc3F)c2C)cc1. The molecular formula is C19H16F3N3O. The summed E-state index contributed by atoms with van der Waals surface area (Å²) in [6.45, 7) is 3.32. The van der Waals surface area contributed by atoms with Crippen molar-refractivity contribution in [2.75, 3.05) is 5.32 Å². The normalized spacial score (nSPS) is 11.4. The van der Waals surface area contributed by atoms with E-state index in [1.54, 1.807) is 19.9 Å². The monoisotopic (exact) mass is 359 g/mol. The van der Waals surface area contributed by atoms with Crippen molar-refractivity contribution in [2.24, 2.45) is 0 Å². The number of hydrogen-bond donors (Lipinski definition) is 1. The van der Waals surface area contributed by atoms with Crippen molar-refractivity contribution < 1.29 is 18.0 Å². The lowest BCUT2D eigenvalue weighted by molar-refractivity contribution is -0.140. The number of rotatable bonds is 4. The Labute approximate surface area is 148 Å². The Balaban J connectivity index is 1.86. The van der Waals surface area contributed by atoms with Crippen molar-refractivity contribution in [3.05, 3.63) is 77.4 Å². The van der Waals surface area contributed by atoms with E-state index in [0.29, 0.717) is 5.69 Å². The van der Waals surface area contributed by atoms with Crippen LogP contribution in [0.25, 0.3) is 5.69 Å². The largest absolute Gasteiger partial charge is 0.350 e. The molecule has 3 aromatic rings. The van der Waals surface area contributed by atoms with E-state index in [4.69, 9.17) is 0 Å². The van der Waals surface area contributed by atoms with Crippen molar-refractivity contribution in [3.8, 4) is 5.69 Å². The molecule has 0 fully saturated rings. The molecule has 0 aliphatic heterocycles. The summed E-state index contributed by atoms with van der Waals surface area (Å²) in [5.74, 6) is -5.70. The Morgan fingerprint density at radius 1 is 1.08 bits per heavy atom. The maximum absolute atomic E-state index is 14.4. The van der Waals surface area contributed by atoms with E-state index in [9.17, 15) is 18.0 Å². The summed E-state index contributed by atoms with van der Waals surface area (Å²) >= 11 is 0. The van der Waals surface area contributed by atoms with Crippen LogP contribution in [0.15, 0.2) is 54.7 Å². The van der Waals surface area contributed by atoms with Crippen LogP contribution in [-0.4, -0.2) is 15.7 Å². The fourth-order valence-electron chi connectivity index (χ4n) is 2.49. The van der Waals surface area contributed by atoms with E-state index in [0.717, 1.165) is 5.56 Å². The van der Waals surface area contributed by atoms with Crippen molar-refractivity contribution in [1.29, 1.82) is 0 Å². The van der Waals surface area contributed by atoms with Gasteiger partial charge in [0.2, 0.25) is 0 Å². The second-order valence-electron chi connectivity index (χ2n) is 5.90. The number of para-hydroxylation sites is 1. The summed E-state index contributed by atoms with van der Waals surface area (Å²) in [7, 11) is 0. The molecule has 1 N–H and O–H groups in total. The first-order valence-electron chi connectivity index (χ1n) is 7.86. The van der Waals surface area contributed by atoms with Crippen LogP contribution in [0.2, 0.25) is 0 Å². The van der Waals surface area contributed by atoms with E-state index in [2.05, 4.69) is 10.4 Å². The molecule has 0 aliphatic carbocycles. The second-order valence-corrected chi connectivity index (χ2v) is 5.90. The third-order valence-electron chi connectivity index (χ3n) is 4.04. The molecule has 0 saturated carbocycles. The molecule has 0 saturated heterocycles. The predicted octanol–water partition coefficient (Wildman–Crippen LogP) is 4.36. The predicted molar refractivity (Wildman–Crippen MR) is 92.0 cm³/mol. The summed E-state index contributed by atoms with van der Waals surface area (Å²) in [5.41, 5.74) is 0.996. The van der Waals surface area contributed by atoms with Crippen LogP contribution in [0.1, 0.15) is 16.8 Å². The van der Waals surface area contributed by atoms with E-state index >= 15 is 0 Å². The standard InChI is InChI=1S/C19H16F3N3O/c1-12-7-9-14(10-8-12)19(21,22)18(26)24-16-11-23-25(13(16)2)17-6-4-3-5-15(17)20/h3-11H,1-2H3,(H,24,26). The van der Waals surface area contributed by atoms with E-state index < -0.39 is 23.2 Å². The second kappa shape index (κ2) is 6.67. The van der Waals surface area contributed by atoms with Crippen LogP contribution in [-0.2, 0) is 10.7 Å². The van der Waals surface area contributed by atoms with Crippen LogP contribution >= 0.6 is 0 Å². The molecule has 2 aromatic carbocycles. The topological polar surface area (TPSA) is 46.9 Å². The van der Waals surface area contributed by atoms with Gasteiger partial charge in [0.1, 0.15) is 11.5 Å². The highest BCUT2D eigenvalue weighted by Gasteiger charge is 2.41. The van der Waals surface area contributed by atoms with Gasteiger partial charge in [-0.1, -0.05) is 42.0 Å². The molecule has 134 valence electrons. The number of carbonyl (C=O) groups is 1. The van der Waals surface area contributed by atoms with Crippen molar-refractivity contribution in [1.82, 2.24) is 9.78 Å². The van der Waals surface area contributed by atoms with Gasteiger partial charge in [-0.05, 0) is 26.0 Å². The number of nitrogens with zero attached hydrogens (tertiary/aromatic N) is 2. The number of carbonyl (C=O) groups excluding carboxylic acids is 1. The minimum atomic E-state index is -3.71. The number of benzene rings is 2. The lowest BCUT2D eigenvalue weighted by atomic mass is 10.1. The molecule has 7 heteroatoms. The van der Waals surface area contributed by atoms with Crippen molar-refractivity contribution in [2.45, 2.75) is 19.8 Å². The zero-order valence-corrected chi connectivity index (χ0v) is 14.1.